The van der Waals surface area contributed by atoms with E-state index >= 15 is 0 Å². The fourth-order valence-corrected chi connectivity index (χ4v) is 2.78. The molecule has 0 aliphatic heterocycles. The van der Waals surface area contributed by atoms with Gasteiger partial charge in [0.1, 0.15) is 0 Å². The van der Waals surface area contributed by atoms with Crippen LogP contribution in [0.1, 0.15) is 31.2 Å². The Morgan fingerprint density at radius 1 is 1.50 bits per heavy atom. The molecule has 86 valence electrons. The maximum atomic E-state index is 4.34. The lowest BCUT2D eigenvalue weighted by Gasteiger charge is -2.18. The van der Waals surface area contributed by atoms with Crippen LogP contribution in [0.5, 0.6) is 0 Å². The van der Waals surface area contributed by atoms with Gasteiger partial charge in [0.15, 0.2) is 0 Å². The fraction of sp³-hybridized carbons (Fsp3) is 0.417. The zero-order chi connectivity index (χ0) is 11.4. The van der Waals surface area contributed by atoms with Crippen molar-refractivity contribution >= 4 is 17.3 Å². The van der Waals surface area contributed by atoms with Crippen molar-refractivity contribution in [2.75, 3.05) is 11.9 Å². The summed E-state index contributed by atoms with van der Waals surface area (Å²) in [6.45, 7) is 5.20. The minimum Gasteiger partial charge on any atom is -0.356 e. The molecule has 2 rings (SSSR count). The van der Waals surface area contributed by atoms with Crippen molar-refractivity contribution in [2.24, 2.45) is 0 Å². The molecule has 0 aliphatic carbocycles. The zero-order valence-corrected chi connectivity index (χ0v) is 10.5. The molecule has 0 aromatic carbocycles. The van der Waals surface area contributed by atoms with Crippen LogP contribution in [0.15, 0.2) is 29.9 Å². The molecule has 0 fully saturated rings. The van der Waals surface area contributed by atoms with Crippen molar-refractivity contribution in [1.29, 1.82) is 0 Å². The number of rotatable bonds is 5. The number of anilines is 1. The first-order valence-electron chi connectivity index (χ1n) is 5.67. The van der Waals surface area contributed by atoms with Gasteiger partial charge in [0.2, 0.25) is 5.95 Å². The number of aromatic nitrogens is 2. The van der Waals surface area contributed by atoms with Gasteiger partial charge < -0.3 is 9.88 Å². The topological polar surface area (TPSA) is 29.9 Å². The Kier molecular flexibility index (Phi) is 3.62. The molecule has 0 saturated carbocycles. The van der Waals surface area contributed by atoms with Gasteiger partial charge in [0, 0.05) is 23.8 Å². The first-order chi connectivity index (χ1) is 7.86. The number of imidazole rings is 1. The Morgan fingerprint density at radius 2 is 2.38 bits per heavy atom. The summed E-state index contributed by atoms with van der Waals surface area (Å²) in [6, 6.07) is 4.69. The van der Waals surface area contributed by atoms with E-state index in [9.17, 15) is 0 Å². The third-order valence-corrected chi connectivity index (χ3v) is 3.57. The summed E-state index contributed by atoms with van der Waals surface area (Å²) >= 11 is 1.80. The van der Waals surface area contributed by atoms with Gasteiger partial charge in [-0.15, -0.1) is 11.3 Å². The minimum atomic E-state index is 0.400. The van der Waals surface area contributed by atoms with Crippen molar-refractivity contribution in [2.45, 2.75) is 26.3 Å². The van der Waals surface area contributed by atoms with Crippen LogP contribution >= 0.6 is 11.3 Å². The van der Waals surface area contributed by atoms with Crippen molar-refractivity contribution in [3.63, 3.8) is 0 Å². The van der Waals surface area contributed by atoms with E-state index in [1.807, 2.05) is 12.4 Å². The Labute approximate surface area is 100 Å². The second-order valence-corrected chi connectivity index (χ2v) is 4.61. The Bertz CT molecular complexity index is 419. The molecule has 2 aromatic heterocycles. The quantitative estimate of drug-likeness (QED) is 0.861. The standard InChI is InChI=1S/C12H17N3S/c1-3-10(11-6-5-9-16-11)15-8-7-14-12(15)13-4-2/h5-10H,3-4H2,1-2H3,(H,13,14). The number of hydrogen-bond donors (Lipinski definition) is 1. The largest absolute Gasteiger partial charge is 0.356 e. The number of hydrogen-bond acceptors (Lipinski definition) is 3. The van der Waals surface area contributed by atoms with Crippen LogP contribution in [-0.4, -0.2) is 16.1 Å². The first-order valence-corrected chi connectivity index (χ1v) is 6.54. The zero-order valence-electron chi connectivity index (χ0n) is 9.68. The fourth-order valence-electron chi connectivity index (χ4n) is 1.88. The van der Waals surface area contributed by atoms with Crippen molar-refractivity contribution in [3.05, 3.63) is 34.8 Å². The van der Waals surface area contributed by atoms with E-state index in [1.54, 1.807) is 11.3 Å². The van der Waals surface area contributed by atoms with Gasteiger partial charge in [0.05, 0.1) is 6.04 Å². The van der Waals surface area contributed by atoms with Crippen LogP contribution in [0.3, 0.4) is 0 Å². The molecule has 1 unspecified atom stereocenters. The molecule has 0 aliphatic rings. The number of thiophene rings is 1. The molecule has 0 bridgehead atoms. The van der Waals surface area contributed by atoms with E-state index in [0.717, 1.165) is 18.9 Å². The maximum Gasteiger partial charge on any atom is 0.203 e. The minimum absolute atomic E-state index is 0.400. The van der Waals surface area contributed by atoms with Gasteiger partial charge in [-0.1, -0.05) is 13.0 Å². The van der Waals surface area contributed by atoms with Gasteiger partial charge in [-0.25, -0.2) is 4.98 Å². The molecule has 4 heteroatoms. The Hall–Kier alpha value is -1.29. The van der Waals surface area contributed by atoms with E-state index in [0.29, 0.717) is 6.04 Å². The third kappa shape index (κ3) is 2.11. The molecule has 2 heterocycles. The second kappa shape index (κ2) is 5.16. The molecule has 0 spiro atoms. The average molecular weight is 235 g/mol. The lowest BCUT2D eigenvalue weighted by Crippen LogP contribution is -2.12. The summed E-state index contributed by atoms with van der Waals surface area (Å²) in [4.78, 5) is 5.73. The van der Waals surface area contributed by atoms with E-state index in [1.165, 1.54) is 4.88 Å². The molecular formula is C12H17N3S. The molecule has 1 atom stereocenters. The first kappa shape index (κ1) is 11.2. The van der Waals surface area contributed by atoms with Crippen LogP contribution in [0.25, 0.3) is 0 Å². The van der Waals surface area contributed by atoms with Crippen LogP contribution in [-0.2, 0) is 0 Å². The Balaban J connectivity index is 2.30. The maximum absolute atomic E-state index is 4.34. The highest BCUT2D eigenvalue weighted by atomic mass is 32.1. The molecular weight excluding hydrogens is 218 g/mol. The predicted molar refractivity (Wildman–Crippen MR) is 69.1 cm³/mol. The SMILES string of the molecule is CCNc1nccn1C(CC)c1cccs1. The molecule has 3 nitrogen and oxygen atoms in total. The van der Waals surface area contributed by atoms with Gasteiger partial charge in [-0.2, -0.15) is 0 Å². The van der Waals surface area contributed by atoms with Crippen molar-refractivity contribution < 1.29 is 0 Å². The molecule has 0 saturated heterocycles. The smallest absolute Gasteiger partial charge is 0.203 e. The third-order valence-electron chi connectivity index (χ3n) is 2.60. The summed E-state index contributed by atoms with van der Waals surface area (Å²) in [5.41, 5.74) is 0. The van der Waals surface area contributed by atoms with Crippen LogP contribution in [0, 0.1) is 0 Å². The van der Waals surface area contributed by atoms with Crippen LogP contribution < -0.4 is 5.32 Å². The summed E-state index contributed by atoms with van der Waals surface area (Å²) in [5.74, 6) is 0.961. The van der Waals surface area contributed by atoms with Crippen molar-refractivity contribution in [3.8, 4) is 0 Å². The summed E-state index contributed by atoms with van der Waals surface area (Å²) in [7, 11) is 0. The number of nitrogens with zero attached hydrogens (tertiary/aromatic N) is 2. The van der Waals surface area contributed by atoms with Crippen molar-refractivity contribution in [1.82, 2.24) is 9.55 Å². The van der Waals surface area contributed by atoms with E-state index in [2.05, 4.69) is 46.2 Å². The summed E-state index contributed by atoms with van der Waals surface area (Å²) in [6.07, 6.45) is 4.98. The highest BCUT2D eigenvalue weighted by Gasteiger charge is 2.15. The summed E-state index contributed by atoms with van der Waals surface area (Å²) in [5, 5.41) is 5.42. The lowest BCUT2D eigenvalue weighted by molar-refractivity contribution is 0.581. The van der Waals surface area contributed by atoms with Gasteiger partial charge in [-0.3, -0.25) is 0 Å². The van der Waals surface area contributed by atoms with Gasteiger partial charge in [-0.05, 0) is 24.8 Å². The molecule has 0 radical (unpaired) electrons. The molecule has 16 heavy (non-hydrogen) atoms. The monoisotopic (exact) mass is 235 g/mol. The molecule has 1 N–H and O–H groups in total. The number of nitrogens with one attached hydrogen (secondary N) is 1. The average Bonchev–Trinajstić information content (AvgIpc) is 2.92. The lowest BCUT2D eigenvalue weighted by atomic mass is 10.2. The van der Waals surface area contributed by atoms with E-state index in [-0.39, 0.29) is 0 Å². The summed E-state index contributed by atoms with van der Waals surface area (Å²) < 4.78 is 2.22. The second-order valence-electron chi connectivity index (χ2n) is 3.63. The van der Waals surface area contributed by atoms with E-state index in [4.69, 9.17) is 0 Å². The van der Waals surface area contributed by atoms with Crippen LogP contribution in [0.2, 0.25) is 0 Å². The normalized spacial score (nSPS) is 12.6. The molecule has 2 aromatic rings. The highest BCUT2D eigenvalue weighted by Crippen LogP contribution is 2.28. The Morgan fingerprint density at radius 3 is 3.00 bits per heavy atom. The van der Waals surface area contributed by atoms with Gasteiger partial charge >= 0.3 is 0 Å². The molecule has 0 amide bonds. The van der Waals surface area contributed by atoms with E-state index < -0.39 is 0 Å². The predicted octanol–water partition coefficient (Wildman–Crippen LogP) is 3.38. The van der Waals surface area contributed by atoms with Gasteiger partial charge in [0.25, 0.3) is 0 Å². The highest BCUT2D eigenvalue weighted by molar-refractivity contribution is 7.10. The van der Waals surface area contributed by atoms with Crippen LogP contribution in [0.4, 0.5) is 5.95 Å².